The van der Waals surface area contributed by atoms with E-state index in [1.165, 1.54) is 5.57 Å². The lowest BCUT2D eigenvalue weighted by Gasteiger charge is -2.20. The Morgan fingerprint density at radius 2 is 1.77 bits per heavy atom. The van der Waals surface area contributed by atoms with Gasteiger partial charge in [0, 0.05) is 5.70 Å². The van der Waals surface area contributed by atoms with Crippen molar-refractivity contribution in [2.24, 2.45) is 11.1 Å². The Hall–Kier alpha value is -1.24. The first kappa shape index (κ1) is 9.85. The second-order valence-electron chi connectivity index (χ2n) is 4.26. The molecule has 0 aromatic carbocycles. The molecule has 1 aliphatic carbocycles. The zero-order valence-electron chi connectivity index (χ0n) is 8.54. The summed E-state index contributed by atoms with van der Waals surface area (Å²) in [5.74, 6) is 0. The van der Waals surface area contributed by atoms with Crippen LogP contribution in [0.1, 0.15) is 20.8 Å². The molecule has 0 fully saturated rings. The van der Waals surface area contributed by atoms with Crippen LogP contribution in [0.15, 0.2) is 47.7 Å². The quantitative estimate of drug-likeness (QED) is 0.602. The van der Waals surface area contributed by atoms with Gasteiger partial charge in [-0.05, 0) is 23.1 Å². The predicted molar refractivity (Wildman–Crippen MR) is 58.1 cm³/mol. The van der Waals surface area contributed by atoms with Crippen LogP contribution >= 0.6 is 0 Å². The Kier molecular flexibility index (Phi) is 2.76. The minimum absolute atomic E-state index is 0.153. The first-order valence-corrected chi connectivity index (χ1v) is 4.53. The maximum atomic E-state index is 5.79. The van der Waals surface area contributed by atoms with Crippen LogP contribution in [0.5, 0.6) is 0 Å². The molecule has 1 rings (SSSR count). The van der Waals surface area contributed by atoms with E-state index in [1.807, 2.05) is 30.4 Å². The van der Waals surface area contributed by atoms with Gasteiger partial charge in [0.05, 0.1) is 0 Å². The summed E-state index contributed by atoms with van der Waals surface area (Å²) in [7, 11) is 0. The van der Waals surface area contributed by atoms with Gasteiger partial charge in [-0.1, -0.05) is 45.1 Å². The Morgan fingerprint density at radius 1 is 1.08 bits per heavy atom. The molecule has 0 saturated heterocycles. The highest BCUT2D eigenvalue weighted by Crippen LogP contribution is 2.27. The number of allylic oxidation sites excluding steroid dienone is 7. The van der Waals surface area contributed by atoms with Crippen LogP contribution in [0.25, 0.3) is 0 Å². The summed E-state index contributed by atoms with van der Waals surface area (Å²) < 4.78 is 0. The van der Waals surface area contributed by atoms with Crippen molar-refractivity contribution in [3.05, 3.63) is 47.7 Å². The summed E-state index contributed by atoms with van der Waals surface area (Å²) in [5.41, 5.74) is 8.01. The Labute approximate surface area is 80.3 Å². The van der Waals surface area contributed by atoms with Crippen molar-refractivity contribution in [2.45, 2.75) is 20.8 Å². The second-order valence-corrected chi connectivity index (χ2v) is 4.26. The van der Waals surface area contributed by atoms with Crippen molar-refractivity contribution in [3.63, 3.8) is 0 Å². The molecule has 0 saturated carbocycles. The van der Waals surface area contributed by atoms with E-state index in [0.29, 0.717) is 0 Å². The van der Waals surface area contributed by atoms with Gasteiger partial charge in [-0.25, -0.2) is 0 Å². The molecule has 0 aromatic rings. The standard InChI is InChI=1S/C12H17N/c1-12(2,3)10-7-5-4-6-8-11(13)9-10/h4-9H,13H2,1-3H3/b5-4?,6-4-,7-5?,8-6?,10-7?,10-9?,11-8+,11-9?. The molecule has 0 aromatic heterocycles. The molecule has 0 atom stereocenters. The van der Waals surface area contributed by atoms with Crippen molar-refractivity contribution in [1.82, 2.24) is 0 Å². The van der Waals surface area contributed by atoms with Gasteiger partial charge in [0.2, 0.25) is 0 Å². The van der Waals surface area contributed by atoms with Crippen LogP contribution in [-0.2, 0) is 0 Å². The average Bonchev–Trinajstić information content (AvgIpc) is 1.94. The minimum atomic E-state index is 0.153. The zero-order chi connectivity index (χ0) is 9.90. The first-order valence-electron chi connectivity index (χ1n) is 4.53. The lowest BCUT2D eigenvalue weighted by Crippen LogP contribution is -2.09. The van der Waals surface area contributed by atoms with Crippen molar-refractivity contribution in [2.75, 3.05) is 0 Å². The molecule has 0 aliphatic heterocycles. The SMILES string of the molecule is CC(C)(C)C1=C/C(N)=C\C=C/C=C1. The van der Waals surface area contributed by atoms with E-state index < -0.39 is 0 Å². The molecule has 0 bridgehead atoms. The summed E-state index contributed by atoms with van der Waals surface area (Å²) in [5, 5.41) is 0. The van der Waals surface area contributed by atoms with E-state index in [9.17, 15) is 0 Å². The third-order valence-corrected chi connectivity index (χ3v) is 1.97. The van der Waals surface area contributed by atoms with Gasteiger partial charge in [0.15, 0.2) is 0 Å². The first-order chi connectivity index (χ1) is 6.00. The highest BCUT2D eigenvalue weighted by Gasteiger charge is 2.14. The third kappa shape index (κ3) is 2.94. The number of hydrogen-bond donors (Lipinski definition) is 1. The van der Waals surface area contributed by atoms with Crippen LogP contribution in [0.2, 0.25) is 0 Å². The van der Waals surface area contributed by atoms with E-state index >= 15 is 0 Å². The van der Waals surface area contributed by atoms with Crippen LogP contribution in [0, 0.1) is 5.41 Å². The fourth-order valence-corrected chi connectivity index (χ4v) is 1.13. The highest BCUT2D eigenvalue weighted by molar-refractivity contribution is 5.37. The predicted octanol–water partition coefficient (Wildman–Crippen LogP) is 2.93. The van der Waals surface area contributed by atoms with Gasteiger partial charge >= 0.3 is 0 Å². The second kappa shape index (κ2) is 3.65. The molecule has 1 heteroatoms. The Bertz CT molecular complexity index is 296. The van der Waals surface area contributed by atoms with Gasteiger partial charge in [-0.15, -0.1) is 0 Å². The molecule has 0 unspecified atom stereocenters. The zero-order valence-corrected chi connectivity index (χ0v) is 8.54. The Balaban J connectivity index is 3.03. The number of hydrogen-bond acceptors (Lipinski definition) is 1. The summed E-state index contributed by atoms with van der Waals surface area (Å²) in [6.45, 7) is 6.55. The molecule has 1 nitrogen and oxygen atoms in total. The molecule has 0 amide bonds. The van der Waals surface area contributed by atoms with E-state index in [1.54, 1.807) is 0 Å². The molecular formula is C12H17N. The van der Waals surface area contributed by atoms with Gasteiger partial charge in [-0.3, -0.25) is 0 Å². The van der Waals surface area contributed by atoms with Crippen LogP contribution in [0.3, 0.4) is 0 Å². The largest absolute Gasteiger partial charge is 0.399 e. The molecule has 2 N–H and O–H groups in total. The summed E-state index contributed by atoms with van der Waals surface area (Å²) in [6, 6.07) is 0. The van der Waals surface area contributed by atoms with Gasteiger partial charge < -0.3 is 5.73 Å². The Morgan fingerprint density at radius 3 is 2.38 bits per heavy atom. The third-order valence-electron chi connectivity index (χ3n) is 1.97. The highest BCUT2D eigenvalue weighted by atomic mass is 14.6. The fraction of sp³-hybridized carbons (Fsp3) is 0.333. The topological polar surface area (TPSA) is 26.0 Å². The summed E-state index contributed by atoms with van der Waals surface area (Å²) in [4.78, 5) is 0. The average molecular weight is 175 g/mol. The normalized spacial score (nSPS) is 23.9. The van der Waals surface area contributed by atoms with E-state index in [-0.39, 0.29) is 5.41 Å². The van der Waals surface area contributed by atoms with Gasteiger partial charge in [0.1, 0.15) is 0 Å². The molecule has 13 heavy (non-hydrogen) atoms. The molecule has 0 heterocycles. The minimum Gasteiger partial charge on any atom is -0.399 e. The lowest BCUT2D eigenvalue weighted by atomic mass is 9.85. The molecular weight excluding hydrogens is 158 g/mol. The van der Waals surface area contributed by atoms with Crippen molar-refractivity contribution in [3.8, 4) is 0 Å². The fourth-order valence-electron chi connectivity index (χ4n) is 1.13. The molecule has 0 spiro atoms. The van der Waals surface area contributed by atoms with Crippen molar-refractivity contribution in [1.29, 1.82) is 0 Å². The molecule has 0 radical (unpaired) electrons. The van der Waals surface area contributed by atoms with E-state index in [2.05, 4.69) is 26.8 Å². The maximum absolute atomic E-state index is 5.79. The summed E-state index contributed by atoms with van der Waals surface area (Å²) in [6.07, 6.45) is 12.0. The lowest BCUT2D eigenvalue weighted by molar-refractivity contribution is 0.516. The van der Waals surface area contributed by atoms with Crippen molar-refractivity contribution >= 4 is 0 Å². The van der Waals surface area contributed by atoms with Crippen LogP contribution < -0.4 is 5.73 Å². The maximum Gasteiger partial charge on any atom is 0.0316 e. The van der Waals surface area contributed by atoms with Gasteiger partial charge in [0.25, 0.3) is 0 Å². The number of nitrogens with two attached hydrogens (primary N) is 1. The van der Waals surface area contributed by atoms with Crippen LogP contribution in [0.4, 0.5) is 0 Å². The monoisotopic (exact) mass is 175 g/mol. The number of rotatable bonds is 0. The molecule has 70 valence electrons. The van der Waals surface area contributed by atoms with Crippen LogP contribution in [-0.4, -0.2) is 0 Å². The van der Waals surface area contributed by atoms with E-state index in [4.69, 9.17) is 5.73 Å². The summed E-state index contributed by atoms with van der Waals surface area (Å²) >= 11 is 0. The van der Waals surface area contributed by atoms with E-state index in [0.717, 1.165) is 5.70 Å². The smallest absolute Gasteiger partial charge is 0.0316 e. The van der Waals surface area contributed by atoms with Crippen molar-refractivity contribution < 1.29 is 0 Å². The van der Waals surface area contributed by atoms with Gasteiger partial charge in [-0.2, -0.15) is 0 Å². The molecule has 1 aliphatic rings.